The Labute approximate surface area is 92.2 Å². The number of rotatable bonds is 1. The molecule has 84 valence electrons. The molecule has 1 amide bonds. The van der Waals surface area contributed by atoms with E-state index >= 15 is 0 Å². The number of amides is 1. The number of carbonyl (C=O) groups is 1. The lowest BCUT2D eigenvalue weighted by Crippen LogP contribution is -2.34. The second-order valence-corrected chi connectivity index (χ2v) is 3.61. The van der Waals surface area contributed by atoms with E-state index in [9.17, 15) is 13.6 Å². The summed E-state index contributed by atoms with van der Waals surface area (Å²) in [4.78, 5) is 13.4. The molecule has 0 saturated heterocycles. The van der Waals surface area contributed by atoms with Crippen molar-refractivity contribution in [2.45, 2.75) is 6.42 Å². The summed E-state index contributed by atoms with van der Waals surface area (Å²) >= 11 is 0. The first kappa shape index (κ1) is 10.8. The van der Waals surface area contributed by atoms with Crippen molar-refractivity contribution >= 4 is 5.91 Å². The SMILES string of the molecule is O=C(c1cccc(F)c1F)N1CC=CCC1. The highest BCUT2D eigenvalue weighted by Crippen LogP contribution is 2.15. The number of carbonyl (C=O) groups excluding carboxylic acids is 1. The van der Waals surface area contributed by atoms with Crippen molar-refractivity contribution in [3.8, 4) is 0 Å². The van der Waals surface area contributed by atoms with Gasteiger partial charge in [0, 0.05) is 13.1 Å². The largest absolute Gasteiger partial charge is 0.335 e. The minimum absolute atomic E-state index is 0.199. The molecule has 4 heteroatoms. The summed E-state index contributed by atoms with van der Waals surface area (Å²) in [7, 11) is 0. The Balaban J connectivity index is 2.26. The van der Waals surface area contributed by atoms with Gasteiger partial charge in [-0.15, -0.1) is 0 Å². The summed E-state index contributed by atoms with van der Waals surface area (Å²) in [5, 5.41) is 0. The molecule has 0 aromatic heterocycles. The molecule has 0 atom stereocenters. The van der Waals surface area contributed by atoms with Crippen LogP contribution in [-0.2, 0) is 0 Å². The fourth-order valence-electron chi connectivity index (χ4n) is 1.67. The summed E-state index contributed by atoms with van der Waals surface area (Å²) in [5.41, 5.74) is -0.199. The van der Waals surface area contributed by atoms with Crippen LogP contribution < -0.4 is 0 Å². The first-order valence-corrected chi connectivity index (χ1v) is 5.08. The molecule has 1 aromatic carbocycles. The molecule has 0 bridgehead atoms. The molecule has 1 aliphatic rings. The number of benzene rings is 1. The molecule has 0 aliphatic carbocycles. The zero-order valence-corrected chi connectivity index (χ0v) is 8.62. The van der Waals surface area contributed by atoms with E-state index in [1.54, 1.807) is 0 Å². The maximum absolute atomic E-state index is 13.4. The van der Waals surface area contributed by atoms with Crippen LogP contribution in [0.4, 0.5) is 8.78 Å². The van der Waals surface area contributed by atoms with Crippen LogP contribution in [0.3, 0.4) is 0 Å². The van der Waals surface area contributed by atoms with Gasteiger partial charge in [0.05, 0.1) is 5.56 Å². The van der Waals surface area contributed by atoms with E-state index in [2.05, 4.69) is 0 Å². The predicted octanol–water partition coefficient (Wildman–Crippen LogP) is 2.37. The Morgan fingerprint density at radius 3 is 2.75 bits per heavy atom. The Bertz CT molecular complexity index is 443. The minimum Gasteiger partial charge on any atom is -0.335 e. The monoisotopic (exact) mass is 223 g/mol. The van der Waals surface area contributed by atoms with E-state index in [0.29, 0.717) is 13.1 Å². The van der Waals surface area contributed by atoms with Crippen molar-refractivity contribution in [2.75, 3.05) is 13.1 Å². The van der Waals surface area contributed by atoms with Crippen LogP contribution in [0.2, 0.25) is 0 Å². The maximum atomic E-state index is 13.4. The zero-order chi connectivity index (χ0) is 11.5. The molecule has 0 spiro atoms. The van der Waals surface area contributed by atoms with Crippen molar-refractivity contribution in [1.29, 1.82) is 0 Å². The second-order valence-electron chi connectivity index (χ2n) is 3.61. The van der Waals surface area contributed by atoms with E-state index in [4.69, 9.17) is 0 Å². The molecule has 1 aliphatic heterocycles. The van der Waals surface area contributed by atoms with Crippen LogP contribution in [0, 0.1) is 11.6 Å². The van der Waals surface area contributed by atoms with Crippen LogP contribution in [-0.4, -0.2) is 23.9 Å². The highest BCUT2D eigenvalue weighted by Gasteiger charge is 2.20. The minimum atomic E-state index is -1.07. The third-order valence-corrected chi connectivity index (χ3v) is 2.53. The molecule has 0 radical (unpaired) electrons. The molecule has 2 nitrogen and oxygen atoms in total. The lowest BCUT2D eigenvalue weighted by Gasteiger charge is -2.23. The van der Waals surface area contributed by atoms with Gasteiger partial charge in [-0.2, -0.15) is 0 Å². The van der Waals surface area contributed by atoms with Crippen LogP contribution in [0.1, 0.15) is 16.8 Å². The predicted molar refractivity (Wildman–Crippen MR) is 56.0 cm³/mol. The second kappa shape index (κ2) is 4.43. The van der Waals surface area contributed by atoms with Gasteiger partial charge in [-0.05, 0) is 18.6 Å². The molecular formula is C12H11F2NO. The fourth-order valence-corrected chi connectivity index (χ4v) is 1.67. The number of hydrogen-bond acceptors (Lipinski definition) is 1. The van der Waals surface area contributed by atoms with Crippen molar-refractivity contribution in [3.63, 3.8) is 0 Å². The summed E-state index contributed by atoms with van der Waals surface area (Å²) in [6.45, 7) is 1.00. The molecule has 2 rings (SSSR count). The summed E-state index contributed by atoms with van der Waals surface area (Å²) in [6.07, 6.45) is 4.56. The normalized spacial score (nSPS) is 15.2. The molecule has 0 saturated carbocycles. The van der Waals surface area contributed by atoms with E-state index in [1.165, 1.54) is 17.0 Å². The van der Waals surface area contributed by atoms with Gasteiger partial charge in [0.15, 0.2) is 11.6 Å². The van der Waals surface area contributed by atoms with Crippen LogP contribution in [0.25, 0.3) is 0 Å². The third kappa shape index (κ3) is 1.96. The van der Waals surface area contributed by atoms with Gasteiger partial charge in [0.2, 0.25) is 0 Å². The molecule has 0 fully saturated rings. The highest BCUT2D eigenvalue weighted by molar-refractivity contribution is 5.94. The Morgan fingerprint density at radius 2 is 2.06 bits per heavy atom. The lowest BCUT2D eigenvalue weighted by molar-refractivity contribution is 0.0765. The number of halogens is 2. The van der Waals surface area contributed by atoms with Gasteiger partial charge < -0.3 is 4.90 Å². The van der Waals surface area contributed by atoms with Crippen LogP contribution >= 0.6 is 0 Å². The summed E-state index contributed by atoms with van der Waals surface area (Å²) in [6, 6.07) is 3.65. The average Bonchev–Trinajstić information content (AvgIpc) is 2.33. The van der Waals surface area contributed by atoms with Crippen molar-refractivity contribution in [2.24, 2.45) is 0 Å². The molecule has 0 unspecified atom stereocenters. The first-order chi connectivity index (χ1) is 7.70. The van der Waals surface area contributed by atoms with Gasteiger partial charge in [0.1, 0.15) is 0 Å². The lowest BCUT2D eigenvalue weighted by atomic mass is 10.1. The van der Waals surface area contributed by atoms with Gasteiger partial charge in [0.25, 0.3) is 5.91 Å². The standard InChI is InChI=1S/C12H11F2NO/c13-10-6-4-5-9(11(10)14)12(16)15-7-2-1-3-8-15/h1-2,4-6H,3,7-8H2. The Hall–Kier alpha value is -1.71. The maximum Gasteiger partial charge on any atom is 0.257 e. The fraction of sp³-hybridized carbons (Fsp3) is 0.250. The van der Waals surface area contributed by atoms with Gasteiger partial charge in [-0.3, -0.25) is 4.79 Å². The molecular weight excluding hydrogens is 212 g/mol. The van der Waals surface area contributed by atoms with E-state index in [-0.39, 0.29) is 5.56 Å². The molecule has 1 aromatic rings. The van der Waals surface area contributed by atoms with Gasteiger partial charge in [-0.25, -0.2) is 8.78 Å². The highest BCUT2D eigenvalue weighted by atomic mass is 19.2. The average molecular weight is 223 g/mol. The smallest absolute Gasteiger partial charge is 0.257 e. The Morgan fingerprint density at radius 1 is 1.25 bits per heavy atom. The van der Waals surface area contributed by atoms with Gasteiger partial charge >= 0.3 is 0 Å². The number of nitrogens with zero attached hydrogens (tertiary/aromatic N) is 1. The van der Waals surface area contributed by atoms with Crippen LogP contribution in [0.15, 0.2) is 30.4 Å². The molecule has 16 heavy (non-hydrogen) atoms. The zero-order valence-electron chi connectivity index (χ0n) is 8.62. The van der Waals surface area contributed by atoms with E-state index in [0.717, 1.165) is 12.5 Å². The summed E-state index contributed by atoms with van der Waals surface area (Å²) in [5.74, 6) is -2.51. The third-order valence-electron chi connectivity index (χ3n) is 2.53. The quantitative estimate of drug-likeness (QED) is 0.669. The van der Waals surface area contributed by atoms with E-state index < -0.39 is 17.5 Å². The van der Waals surface area contributed by atoms with Crippen molar-refractivity contribution in [3.05, 3.63) is 47.5 Å². The number of hydrogen-bond donors (Lipinski definition) is 0. The van der Waals surface area contributed by atoms with Crippen molar-refractivity contribution < 1.29 is 13.6 Å². The first-order valence-electron chi connectivity index (χ1n) is 5.08. The van der Waals surface area contributed by atoms with Crippen molar-refractivity contribution in [1.82, 2.24) is 4.90 Å². The molecule has 0 N–H and O–H groups in total. The van der Waals surface area contributed by atoms with Crippen LogP contribution in [0.5, 0.6) is 0 Å². The van der Waals surface area contributed by atoms with E-state index in [1.807, 2.05) is 12.2 Å². The molecule has 1 heterocycles. The Kier molecular flexibility index (Phi) is 2.99. The topological polar surface area (TPSA) is 20.3 Å². The van der Waals surface area contributed by atoms with Gasteiger partial charge in [-0.1, -0.05) is 18.2 Å². The summed E-state index contributed by atoms with van der Waals surface area (Å²) < 4.78 is 26.3.